The Hall–Kier alpha value is -1.57. The summed E-state index contributed by atoms with van der Waals surface area (Å²) in [5.74, 6) is 1.28. The van der Waals surface area contributed by atoms with E-state index in [0.717, 1.165) is 21.2 Å². The first kappa shape index (κ1) is 18.2. The number of hydrogen-bond donors (Lipinski definition) is 0. The average Bonchev–Trinajstić information content (AvgIpc) is 2.62. The summed E-state index contributed by atoms with van der Waals surface area (Å²) in [6.07, 6.45) is 0.643. The lowest BCUT2D eigenvalue weighted by Gasteiger charge is -2.29. The van der Waals surface area contributed by atoms with Crippen LogP contribution in [0.3, 0.4) is 0 Å². The topological polar surface area (TPSA) is 55.8 Å². The van der Waals surface area contributed by atoms with Gasteiger partial charge in [-0.3, -0.25) is 0 Å². The number of fused-ring (bicyclic) bond motifs is 1. The largest absolute Gasteiger partial charge is 0.493 e. The molecule has 7 heteroatoms. The van der Waals surface area contributed by atoms with E-state index in [9.17, 15) is 8.42 Å². The van der Waals surface area contributed by atoms with Crippen LogP contribution in [0.1, 0.15) is 16.7 Å². The van der Waals surface area contributed by atoms with Crippen molar-refractivity contribution in [2.75, 3.05) is 20.8 Å². The van der Waals surface area contributed by atoms with Crippen LogP contribution in [0.25, 0.3) is 0 Å². The number of methoxy groups -OCH3 is 2. The standard InChI is InChI=1S/C18H20BrNO4S/c1-12-8-15(4-5-16(12)19)25(21,22)20-7-6-13-9-17(23-2)18(24-3)10-14(13)11-20/h4-5,8-10H,6-7,11H2,1-3H3. The molecule has 0 saturated heterocycles. The highest BCUT2D eigenvalue weighted by Gasteiger charge is 2.29. The molecule has 1 heterocycles. The zero-order chi connectivity index (χ0) is 18.2. The van der Waals surface area contributed by atoms with Gasteiger partial charge in [-0.25, -0.2) is 8.42 Å². The monoisotopic (exact) mass is 425 g/mol. The molecule has 0 bridgehead atoms. The number of benzene rings is 2. The van der Waals surface area contributed by atoms with E-state index in [-0.39, 0.29) is 0 Å². The van der Waals surface area contributed by atoms with Gasteiger partial charge in [-0.2, -0.15) is 4.31 Å². The highest BCUT2D eigenvalue weighted by Crippen LogP contribution is 2.34. The Morgan fingerprint density at radius 1 is 1.04 bits per heavy atom. The van der Waals surface area contributed by atoms with Crippen molar-refractivity contribution >= 4 is 26.0 Å². The Morgan fingerprint density at radius 2 is 1.68 bits per heavy atom. The summed E-state index contributed by atoms with van der Waals surface area (Å²) in [5.41, 5.74) is 2.93. The zero-order valence-corrected chi connectivity index (χ0v) is 16.8. The molecular formula is C18H20BrNO4S. The van der Waals surface area contributed by atoms with Crippen LogP contribution in [0.15, 0.2) is 39.7 Å². The first-order chi connectivity index (χ1) is 11.9. The van der Waals surface area contributed by atoms with Gasteiger partial charge in [0.15, 0.2) is 11.5 Å². The van der Waals surface area contributed by atoms with Gasteiger partial charge in [0.2, 0.25) is 10.0 Å². The number of rotatable bonds is 4. The number of hydrogen-bond acceptors (Lipinski definition) is 4. The molecule has 0 aliphatic carbocycles. The lowest BCUT2D eigenvalue weighted by molar-refractivity contribution is 0.348. The summed E-state index contributed by atoms with van der Waals surface area (Å²) in [5, 5.41) is 0. The Morgan fingerprint density at radius 3 is 2.28 bits per heavy atom. The Balaban J connectivity index is 1.95. The van der Waals surface area contributed by atoms with Crippen LogP contribution < -0.4 is 9.47 Å². The fraction of sp³-hybridized carbons (Fsp3) is 0.333. The van der Waals surface area contributed by atoms with Gasteiger partial charge in [0.1, 0.15) is 0 Å². The quantitative estimate of drug-likeness (QED) is 0.751. The molecule has 1 aliphatic heterocycles. The van der Waals surface area contributed by atoms with Crippen LogP contribution in [-0.2, 0) is 23.0 Å². The van der Waals surface area contributed by atoms with E-state index in [2.05, 4.69) is 15.9 Å². The van der Waals surface area contributed by atoms with Crippen LogP contribution in [0, 0.1) is 6.92 Å². The van der Waals surface area contributed by atoms with Crippen molar-refractivity contribution in [3.05, 3.63) is 51.5 Å². The van der Waals surface area contributed by atoms with Crippen LogP contribution >= 0.6 is 15.9 Å². The van der Waals surface area contributed by atoms with E-state index in [0.29, 0.717) is 35.9 Å². The van der Waals surface area contributed by atoms with Gasteiger partial charge in [0.25, 0.3) is 0 Å². The zero-order valence-electron chi connectivity index (χ0n) is 14.4. The van der Waals surface area contributed by atoms with E-state index in [1.165, 1.54) is 4.31 Å². The minimum absolute atomic E-state index is 0.317. The van der Waals surface area contributed by atoms with Gasteiger partial charge >= 0.3 is 0 Å². The molecule has 0 unspecified atom stereocenters. The third kappa shape index (κ3) is 3.41. The van der Waals surface area contributed by atoms with E-state index in [1.54, 1.807) is 32.4 Å². The predicted molar refractivity (Wildman–Crippen MR) is 99.7 cm³/mol. The minimum Gasteiger partial charge on any atom is -0.493 e. The number of ether oxygens (including phenoxy) is 2. The van der Waals surface area contributed by atoms with Crippen molar-refractivity contribution in [2.45, 2.75) is 24.8 Å². The van der Waals surface area contributed by atoms with Crippen molar-refractivity contribution in [2.24, 2.45) is 0 Å². The number of nitrogens with zero attached hydrogens (tertiary/aromatic N) is 1. The average molecular weight is 426 g/mol. The van der Waals surface area contributed by atoms with Crippen molar-refractivity contribution in [1.29, 1.82) is 0 Å². The molecule has 2 aromatic rings. The third-order valence-electron chi connectivity index (χ3n) is 4.45. The van der Waals surface area contributed by atoms with Gasteiger partial charge in [-0.05, 0) is 60.4 Å². The van der Waals surface area contributed by atoms with Crippen molar-refractivity contribution < 1.29 is 17.9 Å². The molecule has 0 fully saturated rings. The van der Waals surface area contributed by atoms with Crippen LogP contribution in [0.4, 0.5) is 0 Å². The Kier molecular flexibility index (Phi) is 5.09. The van der Waals surface area contributed by atoms with Gasteiger partial charge in [0, 0.05) is 17.6 Å². The second-order valence-corrected chi connectivity index (χ2v) is 8.77. The second kappa shape index (κ2) is 6.97. The van der Waals surface area contributed by atoms with Crippen molar-refractivity contribution in [1.82, 2.24) is 4.31 Å². The number of halogens is 1. The molecule has 5 nitrogen and oxygen atoms in total. The maximum Gasteiger partial charge on any atom is 0.243 e. The molecule has 0 atom stereocenters. The molecule has 0 aromatic heterocycles. The van der Waals surface area contributed by atoms with E-state index in [4.69, 9.17) is 9.47 Å². The lowest BCUT2D eigenvalue weighted by atomic mass is 10.0. The number of sulfonamides is 1. The molecule has 134 valence electrons. The maximum absolute atomic E-state index is 13.0. The van der Waals surface area contributed by atoms with Gasteiger partial charge < -0.3 is 9.47 Å². The maximum atomic E-state index is 13.0. The van der Waals surface area contributed by atoms with Crippen LogP contribution in [0.2, 0.25) is 0 Å². The molecule has 0 spiro atoms. The molecule has 2 aromatic carbocycles. The van der Waals surface area contributed by atoms with Crippen molar-refractivity contribution in [3.63, 3.8) is 0 Å². The van der Waals surface area contributed by atoms with Gasteiger partial charge in [-0.15, -0.1) is 0 Å². The minimum atomic E-state index is -3.54. The van der Waals surface area contributed by atoms with Crippen molar-refractivity contribution in [3.8, 4) is 11.5 Å². The summed E-state index contributed by atoms with van der Waals surface area (Å²) >= 11 is 3.41. The van der Waals surface area contributed by atoms with E-state index >= 15 is 0 Å². The van der Waals surface area contributed by atoms with Crippen LogP contribution in [0.5, 0.6) is 11.5 Å². The molecule has 0 radical (unpaired) electrons. The molecule has 1 aliphatic rings. The predicted octanol–water partition coefficient (Wildman–Crippen LogP) is 3.52. The summed E-state index contributed by atoms with van der Waals surface area (Å²) in [6, 6.07) is 8.90. The molecule has 25 heavy (non-hydrogen) atoms. The Labute approximate surface area is 156 Å². The fourth-order valence-electron chi connectivity index (χ4n) is 2.99. The van der Waals surface area contributed by atoms with E-state index < -0.39 is 10.0 Å². The molecule has 0 amide bonds. The molecular weight excluding hydrogens is 406 g/mol. The first-order valence-electron chi connectivity index (χ1n) is 7.87. The fourth-order valence-corrected chi connectivity index (χ4v) is 4.74. The normalized spacial score (nSPS) is 14.9. The lowest BCUT2D eigenvalue weighted by Crippen LogP contribution is -2.36. The highest BCUT2D eigenvalue weighted by atomic mass is 79.9. The molecule has 0 saturated carbocycles. The van der Waals surface area contributed by atoms with Crippen LogP contribution in [-0.4, -0.2) is 33.5 Å². The SMILES string of the molecule is COc1cc2c(cc1OC)CN(S(=O)(=O)c1ccc(Br)c(C)c1)CC2. The Bertz CT molecular complexity index is 912. The summed E-state index contributed by atoms with van der Waals surface area (Å²) in [4.78, 5) is 0.317. The number of aryl methyl sites for hydroxylation is 1. The third-order valence-corrected chi connectivity index (χ3v) is 7.18. The molecule has 3 rings (SSSR count). The van der Waals surface area contributed by atoms with Gasteiger partial charge in [0.05, 0.1) is 19.1 Å². The molecule has 0 N–H and O–H groups in total. The summed E-state index contributed by atoms with van der Waals surface area (Å²) in [6.45, 7) is 2.65. The summed E-state index contributed by atoms with van der Waals surface area (Å²) in [7, 11) is -0.366. The highest BCUT2D eigenvalue weighted by molar-refractivity contribution is 9.10. The summed E-state index contributed by atoms with van der Waals surface area (Å²) < 4.78 is 39.1. The first-order valence-corrected chi connectivity index (χ1v) is 10.1. The second-order valence-electron chi connectivity index (χ2n) is 5.98. The van der Waals surface area contributed by atoms with E-state index in [1.807, 2.05) is 19.1 Å². The smallest absolute Gasteiger partial charge is 0.243 e. The van der Waals surface area contributed by atoms with Gasteiger partial charge in [-0.1, -0.05) is 15.9 Å².